The van der Waals surface area contributed by atoms with Crippen LogP contribution in [-0.2, 0) is 30.4 Å². The molecule has 0 atom stereocenters. The molecule has 4 rings (SSSR count). The summed E-state index contributed by atoms with van der Waals surface area (Å²) in [5.74, 6) is -1.77. The molecule has 1 aliphatic heterocycles. The smallest absolute Gasteiger partial charge is 0.336 e. The summed E-state index contributed by atoms with van der Waals surface area (Å²) in [6.45, 7) is 3.85. The molecule has 1 heterocycles. The average Bonchev–Trinajstić information content (AvgIpc) is 2.90. The highest BCUT2D eigenvalue weighted by atomic mass is 35.5. The second-order valence-electron chi connectivity index (χ2n) is 9.38. The third-order valence-electron chi connectivity index (χ3n) is 6.69. The van der Waals surface area contributed by atoms with Crippen molar-refractivity contribution in [1.29, 1.82) is 0 Å². The summed E-state index contributed by atoms with van der Waals surface area (Å²) in [6.07, 6.45) is 2.98. The molecular formula is C27H23Cl2NO8Si. The van der Waals surface area contributed by atoms with E-state index in [2.05, 4.69) is 0 Å². The molecular weight excluding hydrogens is 565 g/mol. The van der Waals surface area contributed by atoms with E-state index >= 15 is 0 Å². The Morgan fingerprint density at radius 2 is 1.69 bits per heavy atom. The number of nitrogens with zero attached hydrogens (tertiary/aromatic N) is 1. The number of benzene rings is 2. The highest BCUT2D eigenvalue weighted by molar-refractivity contribution is 6.99. The molecule has 9 nitrogen and oxygen atoms in total. The molecule has 0 amide bonds. The lowest BCUT2D eigenvalue weighted by molar-refractivity contribution is -0.142. The van der Waals surface area contributed by atoms with E-state index in [0.29, 0.717) is 38.2 Å². The first-order valence-electron chi connectivity index (χ1n) is 11.6. The number of phenols is 1. The molecule has 2 aromatic carbocycles. The monoisotopic (exact) mass is 587 g/mol. The summed E-state index contributed by atoms with van der Waals surface area (Å²) in [4.78, 5) is 47.8. The Morgan fingerprint density at radius 1 is 1.05 bits per heavy atom. The summed E-state index contributed by atoms with van der Waals surface area (Å²) in [5.41, 5.74) is 2.40. The number of ether oxygens (including phenoxy) is 2. The van der Waals surface area contributed by atoms with Gasteiger partial charge >= 0.3 is 5.97 Å². The SMILES string of the molecule is C[Si]1(C)C2=C(Cl)C(=O)C=CC2=C(c2ccccc2C(=O)O)c2cc(CN(COC=O)COC=O)c(O)c(Cl)c21. The number of carboxylic acid groups (broad SMARTS) is 1. The first-order chi connectivity index (χ1) is 18.5. The number of halogens is 2. The minimum absolute atomic E-state index is 0.0271. The van der Waals surface area contributed by atoms with Gasteiger partial charge in [-0.25, -0.2) is 9.69 Å². The predicted molar refractivity (Wildman–Crippen MR) is 146 cm³/mol. The third kappa shape index (κ3) is 5.03. The highest BCUT2D eigenvalue weighted by Gasteiger charge is 2.45. The van der Waals surface area contributed by atoms with Crippen LogP contribution in [-0.4, -0.2) is 61.3 Å². The molecule has 0 aromatic heterocycles. The van der Waals surface area contributed by atoms with Gasteiger partial charge in [-0.05, 0) is 50.9 Å². The molecule has 0 bridgehead atoms. The van der Waals surface area contributed by atoms with Gasteiger partial charge in [0.05, 0.1) is 15.6 Å². The molecule has 39 heavy (non-hydrogen) atoms. The molecule has 202 valence electrons. The number of aromatic carboxylic acids is 1. The van der Waals surface area contributed by atoms with Crippen molar-refractivity contribution in [3.8, 4) is 5.75 Å². The maximum Gasteiger partial charge on any atom is 0.336 e. The molecule has 0 fully saturated rings. The van der Waals surface area contributed by atoms with Crippen LogP contribution >= 0.6 is 23.2 Å². The molecule has 0 saturated carbocycles. The normalized spacial score (nSPS) is 15.7. The number of aromatic hydroxyl groups is 1. The molecule has 1 aliphatic carbocycles. The number of ketones is 1. The van der Waals surface area contributed by atoms with E-state index in [1.54, 1.807) is 30.3 Å². The van der Waals surface area contributed by atoms with Gasteiger partial charge < -0.3 is 19.7 Å². The van der Waals surface area contributed by atoms with E-state index in [-0.39, 0.29) is 60.1 Å². The minimum Gasteiger partial charge on any atom is -0.506 e. The molecule has 2 aliphatic rings. The van der Waals surface area contributed by atoms with Gasteiger partial charge in [0.2, 0.25) is 0 Å². The molecule has 12 heteroatoms. The van der Waals surface area contributed by atoms with E-state index < -0.39 is 14.0 Å². The minimum atomic E-state index is -2.86. The van der Waals surface area contributed by atoms with Crippen LogP contribution < -0.4 is 5.19 Å². The number of carbonyl (C=O) groups excluding carboxylic acids is 3. The fourth-order valence-corrected chi connectivity index (χ4v) is 10.2. The van der Waals surface area contributed by atoms with Crippen LogP contribution in [0.4, 0.5) is 0 Å². The van der Waals surface area contributed by atoms with Crippen molar-refractivity contribution in [2.75, 3.05) is 13.5 Å². The van der Waals surface area contributed by atoms with Gasteiger partial charge in [-0.3, -0.25) is 14.4 Å². The largest absolute Gasteiger partial charge is 0.506 e. The second kappa shape index (κ2) is 11.2. The van der Waals surface area contributed by atoms with E-state index in [0.717, 1.165) is 0 Å². The fraction of sp³-hybridized carbons (Fsp3) is 0.185. The Bertz CT molecular complexity index is 1480. The standard InChI is InChI=1S/C27H23Cl2NO8Si/c1-39(2)25-18(7-8-20(33)22(25)28)21(16-5-3-4-6-17(16)27(35)36)19-9-15(24(34)23(29)26(19)39)10-30(11-37-13-31)12-38-14-32/h3-9,13-14,34H,10-12H2,1-2H3,(H,35,36). The number of allylic oxidation sites excluding steroid dienone is 5. The topological polar surface area (TPSA) is 130 Å². The van der Waals surface area contributed by atoms with Crippen LogP contribution in [0.2, 0.25) is 18.1 Å². The zero-order valence-electron chi connectivity index (χ0n) is 20.9. The highest BCUT2D eigenvalue weighted by Crippen LogP contribution is 2.47. The molecule has 0 spiro atoms. The number of rotatable bonds is 10. The van der Waals surface area contributed by atoms with Crippen LogP contribution in [0.3, 0.4) is 0 Å². The van der Waals surface area contributed by atoms with Crippen molar-refractivity contribution in [3.05, 3.63) is 85.6 Å². The maximum atomic E-state index is 12.6. The summed E-state index contributed by atoms with van der Waals surface area (Å²) in [5, 5.41) is 22.4. The van der Waals surface area contributed by atoms with Crippen LogP contribution in [0.25, 0.3) is 5.57 Å². The average molecular weight is 588 g/mol. The Labute approximate surface area is 234 Å². The summed E-state index contributed by atoms with van der Waals surface area (Å²) >= 11 is 13.4. The Hall–Kier alpha value is -3.70. The van der Waals surface area contributed by atoms with Crippen LogP contribution in [0.15, 0.2) is 58.3 Å². The zero-order chi connectivity index (χ0) is 28.5. The summed E-state index contributed by atoms with van der Waals surface area (Å²) in [6, 6.07) is 8.14. The third-order valence-corrected chi connectivity index (χ3v) is 11.3. The summed E-state index contributed by atoms with van der Waals surface area (Å²) < 4.78 is 9.62. The van der Waals surface area contributed by atoms with E-state index in [1.165, 1.54) is 17.0 Å². The lowest BCUT2D eigenvalue weighted by atomic mass is 9.86. The number of carbonyl (C=O) groups is 4. The summed E-state index contributed by atoms with van der Waals surface area (Å²) in [7, 11) is -2.86. The van der Waals surface area contributed by atoms with Crippen LogP contribution in [0.5, 0.6) is 5.75 Å². The number of carboxylic acids is 1. The van der Waals surface area contributed by atoms with Crippen LogP contribution in [0, 0.1) is 0 Å². The van der Waals surface area contributed by atoms with E-state index in [4.69, 9.17) is 32.7 Å². The molecule has 0 unspecified atom stereocenters. The zero-order valence-corrected chi connectivity index (χ0v) is 23.4. The molecule has 0 radical (unpaired) electrons. The van der Waals surface area contributed by atoms with Crippen molar-refractivity contribution in [1.82, 2.24) is 4.90 Å². The maximum absolute atomic E-state index is 12.6. The Morgan fingerprint density at radius 3 is 2.31 bits per heavy atom. The first kappa shape index (κ1) is 28.3. The lowest BCUT2D eigenvalue weighted by Crippen LogP contribution is -2.50. The van der Waals surface area contributed by atoms with Crippen molar-refractivity contribution in [2.45, 2.75) is 19.6 Å². The van der Waals surface area contributed by atoms with Gasteiger partial charge in [0.15, 0.2) is 5.78 Å². The van der Waals surface area contributed by atoms with Crippen molar-refractivity contribution < 1.29 is 38.9 Å². The molecule has 0 saturated heterocycles. The number of phenolic OH excluding ortho intramolecular Hbond substituents is 1. The molecule has 2 aromatic rings. The lowest BCUT2D eigenvalue weighted by Gasteiger charge is -2.39. The van der Waals surface area contributed by atoms with Crippen LogP contribution in [0.1, 0.15) is 27.0 Å². The van der Waals surface area contributed by atoms with Crippen molar-refractivity contribution in [2.24, 2.45) is 0 Å². The van der Waals surface area contributed by atoms with Crippen molar-refractivity contribution >= 4 is 66.7 Å². The van der Waals surface area contributed by atoms with Gasteiger partial charge in [0, 0.05) is 12.1 Å². The number of hydrogen-bond acceptors (Lipinski definition) is 8. The van der Waals surface area contributed by atoms with Gasteiger partial charge in [-0.1, -0.05) is 60.6 Å². The second-order valence-corrected chi connectivity index (χ2v) is 14.4. The predicted octanol–water partition coefficient (Wildman–Crippen LogP) is 3.71. The Kier molecular flexibility index (Phi) is 8.12. The number of fused-ring (bicyclic) bond motifs is 2. The quantitative estimate of drug-likeness (QED) is 0.242. The first-order valence-corrected chi connectivity index (χ1v) is 15.4. The van der Waals surface area contributed by atoms with Crippen molar-refractivity contribution in [3.63, 3.8) is 0 Å². The van der Waals surface area contributed by atoms with Gasteiger partial charge in [0.1, 0.15) is 27.3 Å². The fourth-order valence-electron chi connectivity index (χ4n) is 5.09. The number of hydrogen-bond donors (Lipinski definition) is 2. The Balaban J connectivity index is 2.06. The van der Waals surface area contributed by atoms with Gasteiger partial charge in [0.25, 0.3) is 12.9 Å². The van der Waals surface area contributed by atoms with Gasteiger partial charge in [-0.15, -0.1) is 0 Å². The van der Waals surface area contributed by atoms with E-state index in [9.17, 15) is 29.4 Å². The van der Waals surface area contributed by atoms with Gasteiger partial charge in [-0.2, -0.15) is 0 Å². The van der Waals surface area contributed by atoms with E-state index in [1.807, 2.05) is 13.1 Å². The molecule has 2 N–H and O–H groups in total.